The van der Waals surface area contributed by atoms with Gasteiger partial charge in [-0.25, -0.2) is 8.42 Å². The number of nitrogens with one attached hydrogen (secondary N) is 1. The molecule has 7 nitrogen and oxygen atoms in total. The van der Waals surface area contributed by atoms with E-state index < -0.39 is 16.1 Å². The van der Waals surface area contributed by atoms with Crippen LogP contribution in [0.25, 0.3) is 0 Å². The maximum atomic E-state index is 12.3. The third-order valence-electron chi connectivity index (χ3n) is 5.54. The number of ether oxygens (including phenoxy) is 1. The molecule has 1 N–H and O–H groups in total. The fraction of sp³-hybridized carbons (Fsp3) is 0.435. The van der Waals surface area contributed by atoms with Crippen LogP contribution < -0.4 is 14.4 Å². The van der Waals surface area contributed by atoms with E-state index in [0.717, 1.165) is 38.7 Å². The van der Waals surface area contributed by atoms with Crippen LogP contribution in [0.5, 0.6) is 5.75 Å². The van der Waals surface area contributed by atoms with Crippen molar-refractivity contribution in [3.05, 3.63) is 59.7 Å². The highest BCUT2D eigenvalue weighted by atomic mass is 32.2. The van der Waals surface area contributed by atoms with Gasteiger partial charge < -0.3 is 10.1 Å². The second-order valence-corrected chi connectivity index (χ2v) is 9.94. The normalized spacial score (nSPS) is 15.1. The minimum absolute atomic E-state index is 0.165. The van der Waals surface area contributed by atoms with Crippen molar-refractivity contribution in [2.75, 3.05) is 37.2 Å². The summed E-state index contributed by atoms with van der Waals surface area (Å²) in [6.45, 7) is 5.26. The van der Waals surface area contributed by atoms with Crippen LogP contribution in [-0.2, 0) is 27.8 Å². The Morgan fingerprint density at radius 3 is 2.52 bits per heavy atom. The smallest absolute Gasteiger partial charge is 0.260 e. The summed E-state index contributed by atoms with van der Waals surface area (Å²) in [5, 5.41) is 2.93. The highest BCUT2D eigenvalue weighted by molar-refractivity contribution is 7.92. The van der Waals surface area contributed by atoms with Crippen LogP contribution in [0.1, 0.15) is 24.5 Å². The number of fused-ring (bicyclic) bond motifs is 1. The van der Waals surface area contributed by atoms with Gasteiger partial charge in [-0.15, -0.1) is 0 Å². The number of sulfonamides is 1. The van der Waals surface area contributed by atoms with Gasteiger partial charge in [-0.3, -0.25) is 14.0 Å². The van der Waals surface area contributed by atoms with Gasteiger partial charge in [0.2, 0.25) is 10.0 Å². The summed E-state index contributed by atoms with van der Waals surface area (Å²) in [5.74, 6) is 0.349. The highest BCUT2D eigenvalue weighted by Gasteiger charge is 2.17. The van der Waals surface area contributed by atoms with Crippen LogP contribution in [-0.4, -0.2) is 58.3 Å². The molecule has 0 aliphatic carbocycles. The van der Waals surface area contributed by atoms with Crippen LogP contribution >= 0.6 is 0 Å². The van der Waals surface area contributed by atoms with Crippen molar-refractivity contribution in [3.8, 4) is 5.75 Å². The number of nitrogens with zero attached hydrogens (tertiary/aromatic N) is 2. The average Bonchev–Trinajstić information content (AvgIpc) is 2.75. The quantitative estimate of drug-likeness (QED) is 0.600. The van der Waals surface area contributed by atoms with Crippen LogP contribution in [0.3, 0.4) is 0 Å². The molecule has 1 amide bonds. The van der Waals surface area contributed by atoms with Gasteiger partial charge in [-0.1, -0.05) is 24.3 Å². The minimum Gasteiger partial charge on any atom is -0.481 e. The van der Waals surface area contributed by atoms with E-state index in [-0.39, 0.29) is 5.91 Å². The Bertz CT molecular complexity index is 992. The van der Waals surface area contributed by atoms with Crippen molar-refractivity contribution < 1.29 is 17.9 Å². The molecule has 1 aliphatic rings. The van der Waals surface area contributed by atoms with Gasteiger partial charge in [0.1, 0.15) is 5.75 Å². The number of amides is 1. The van der Waals surface area contributed by atoms with Gasteiger partial charge >= 0.3 is 0 Å². The summed E-state index contributed by atoms with van der Waals surface area (Å²) in [6, 6.07) is 15.2. The lowest BCUT2D eigenvalue weighted by Crippen LogP contribution is -2.38. The lowest BCUT2D eigenvalue weighted by Gasteiger charge is -2.28. The van der Waals surface area contributed by atoms with Crippen LogP contribution in [0.2, 0.25) is 0 Å². The number of anilines is 1. The lowest BCUT2D eigenvalue weighted by atomic mass is 10.00. The summed E-state index contributed by atoms with van der Waals surface area (Å²) in [6.07, 6.45) is 2.47. The topological polar surface area (TPSA) is 78.9 Å². The molecule has 168 valence electrons. The molecule has 2 aromatic rings. The van der Waals surface area contributed by atoms with E-state index in [9.17, 15) is 13.2 Å². The van der Waals surface area contributed by atoms with E-state index in [4.69, 9.17) is 4.74 Å². The standard InChI is InChI=1S/C23H31N3O4S/c1-18(30-22-11-9-21(10-12-22)25(2)31(3,28)29)23(27)24-14-6-15-26-16-13-19-7-4-5-8-20(19)17-26/h4-5,7-12,18H,6,13-17H2,1-3H3,(H,24,27)/t18-/m1/s1. The Morgan fingerprint density at radius 2 is 1.84 bits per heavy atom. The zero-order valence-electron chi connectivity index (χ0n) is 18.4. The molecule has 8 heteroatoms. The van der Waals surface area contributed by atoms with Crippen molar-refractivity contribution in [2.24, 2.45) is 0 Å². The van der Waals surface area contributed by atoms with Crippen LogP contribution in [0.15, 0.2) is 48.5 Å². The third-order valence-corrected chi connectivity index (χ3v) is 6.75. The van der Waals surface area contributed by atoms with E-state index in [1.54, 1.807) is 31.2 Å². The van der Waals surface area contributed by atoms with Crippen molar-refractivity contribution in [2.45, 2.75) is 32.4 Å². The molecule has 0 radical (unpaired) electrons. The van der Waals surface area contributed by atoms with E-state index in [0.29, 0.717) is 18.0 Å². The molecule has 0 spiro atoms. The molecule has 3 rings (SSSR count). The maximum Gasteiger partial charge on any atom is 0.260 e. The summed E-state index contributed by atoms with van der Waals surface area (Å²) in [5.41, 5.74) is 3.37. The molecule has 0 aromatic heterocycles. The number of carbonyl (C=O) groups excluding carboxylic acids is 1. The highest BCUT2D eigenvalue weighted by Crippen LogP contribution is 2.21. The molecule has 0 unspecified atom stereocenters. The molecule has 2 aromatic carbocycles. The fourth-order valence-electron chi connectivity index (χ4n) is 3.59. The molecule has 0 saturated carbocycles. The van der Waals surface area contributed by atoms with Gasteiger partial charge in [0, 0.05) is 33.2 Å². The predicted molar refractivity (Wildman–Crippen MR) is 123 cm³/mol. The molecule has 1 heterocycles. The van der Waals surface area contributed by atoms with Gasteiger partial charge in [0.25, 0.3) is 5.91 Å². The summed E-state index contributed by atoms with van der Waals surface area (Å²) in [4.78, 5) is 14.8. The van der Waals surface area contributed by atoms with Crippen LogP contribution in [0.4, 0.5) is 5.69 Å². The largest absolute Gasteiger partial charge is 0.481 e. The van der Waals surface area contributed by atoms with Gasteiger partial charge in [0.05, 0.1) is 11.9 Å². The number of hydrogen-bond acceptors (Lipinski definition) is 5. The Kier molecular flexibility index (Phi) is 7.56. The van der Waals surface area contributed by atoms with E-state index >= 15 is 0 Å². The van der Waals surface area contributed by atoms with Crippen LogP contribution in [0, 0.1) is 0 Å². The SMILES string of the molecule is C[C@@H](Oc1ccc(N(C)S(C)(=O)=O)cc1)C(=O)NCCCN1CCc2ccccc2C1. The fourth-order valence-corrected chi connectivity index (χ4v) is 4.09. The Balaban J connectivity index is 1.39. The third kappa shape index (κ3) is 6.45. The molecule has 31 heavy (non-hydrogen) atoms. The first kappa shape index (κ1) is 23.1. The molecule has 0 bridgehead atoms. The van der Waals surface area contributed by atoms with E-state index in [1.165, 1.54) is 22.5 Å². The Morgan fingerprint density at radius 1 is 1.16 bits per heavy atom. The molecular formula is C23H31N3O4S. The number of hydrogen-bond donors (Lipinski definition) is 1. The first-order chi connectivity index (χ1) is 14.7. The zero-order valence-corrected chi connectivity index (χ0v) is 19.2. The molecule has 1 atom stereocenters. The van der Waals surface area contributed by atoms with Gasteiger partial charge in [0.15, 0.2) is 6.10 Å². The maximum absolute atomic E-state index is 12.3. The van der Waals surface area contributed by atoms with Crippen molar-refractivity contribution in [1.82, 2.24) is 10.2 Å². The molecular weight excluding hydrogens is 414 g/mol. The van der Waals surface area contributed by atoms with Crippen molar-refractivity contribution in [1.29, 1.82) is 0 Å². The minimum atomic E-state index is -3.32. The second-order valence-electron chi connectivity index (χ2n) is 7.92. The van der Waals surface area contributed by atoms with Crippen molar-refractivity contribution in [3.63, 3.8) is 0 Å². The monoisotopic (exact) mass is 445 g/mol. The van der Waals surface area contributed by atoms with E-state index in [2.05, 4.69) is 34.5 Å². The summed E-state index contributed by atoms with van der Waals surface area (Å²) < 4.78 is 30.1. The van der Waals surface area contributed by atoms with Gasteiger partial charge in [-0.2, -0.15) is 0 Å². The van der Waals surface area contributed by atoms with Gasteiger partial charge in [-0.05, 0) is 55.2 Å². The first-order valence-corrected chi connectivity index (χ1v) is 12.4. The molecule has 0 fully saturated rings. The summed E-state index contributed by atoms with van der Waals surface area (Å²) in [7, 11) is -1.83. The molecule has 1 aliphatic heterocycles. The van der Waals surface area contributed by atoms with E-state index in [1.807, 2.05) is 0 Å². The Hall–Kier alpha value is -2.58. The summed E-state index contributed by atoms with van der Waals surface area (Å²) >= 11 is 0. The zero-order chi connectivity index (χ0) is 22.4. The predicted octanol–water partition coefficient (Wildman–Crippen LogP) is 2.41. The average molecular weight is 446 g/mol. The Labute approximate surface area is 185 Å². The number of carbonyl (C=O) groups is 1. The first-order valence-electron chi connectivity index (χ1n) is 10.5. The van der Waals surface area contributed by atoms with Crippen molar-refractivity contribution >= 4 is 21.6 Å². The molecule has 0 saturated heterocycles. The number of rotatable bonds is 9. The number of benzene rings is 2. The second kappa shape index (κ2) is 10.2. The lowest BCUT2D eigenvalue weighted by molar-refractivity contribution is -0.127.